The van der Waals surface area contributed by atoms with Gasteiger partial charge in [-0.05, 0) is 136 Å². The van der Waals surface area contributed by atoms with E-state index < -0.39 is 0 Å². The van der Waals surface area contributed by atoms with Crippen molar-refractivity contribution in [2.24, 2.45) is 0 Å². The number of nitrogens with zero attached hydrogens (tertiary/aromatic N) is 2. The molecule has 2 aliphatic carbocycles. The highest BCUT2D eigenvalue weighted by molar-refractivity contribution is 6.20. The van der Waals surface area contributed by atoms with Gasteiger partial charge in [-0.15, -0.1) is 0 Å². The number of rotatable bonds is 8. The number of allylic oxidation sites excluding steroid dienone is 8. The monoisotopic (exact) mass is 668 g/mol. The van der Waals surface area contributed by atoms with Gasteiger partial charge in [-0.3, -0.25) is 0 Å². The lowest BCUT2D eigenvalue weighted by atomic mass is 9.83. The van der Waals surface area contributed by atoms with Crippen molar-refractivity contribution in [3.05, 3.63) is 205 Å². The highest BCUT2D eigenvalue weighted by Crippen LogP contribution is 2.47. The van der Waals surface area contributed by atoms with Crippen LogP contribution in [0.3, 0.4) is 0 Å². The molecule has 0 bridgehead atoms. The summed E-state index contributed by atoms with van der Waals surface area (Å²) in [5.41, 5.74) is 12.3. The average molecular weight is 669 g/mol. The van der Waals surface area contributed by atoms with Gasteiger partial charge in [0.25, 0.3) is 0 Å². The Kier molecular flexibility index (Phi) is 8.56. The van der Waals surface area contributed by atoms with Gasteiger partial charge in [0.2, 0.25) is 0 Å². The first-order chi connectivity index (χ1) is 25.8. The average Bonchev–Trinajstić information content (AvgIpc) is 3.22. The van der Waals surface area contributed by atoms with E-state index >= 15 is 0 Å². The van der Waals surface area contributed by atoms with Crippen LogP contribution in [0.25, 0.3) is 38.2 Å². The molecule has 0 atom stereocenters. The minimum atomic E-state index is 1.00. The van der Waals surface area contributed by atoms with Crippen molar-refractivity contribution in [2.45, 2.75) is 25.7 Å². The van der Waals surface area contributed by atoms with Gasteiger partial charge in [-0.25, -0.2) is 0 Å². The first-order valence-corrected chi connectivity index (χ1v) is 18.4. The summed E-state index contributed by atoms with van der Waals surface area (Å²) in [6.45, 7) is 0. The number of anilines is 5. The second kappa shape index (κ2) is 14.1. The SMILES string of the molecule is C1=CCCC(c2c3cc(N(C4=CC=CCC4)c4ccccc4)ccc3c(-c3ccccc3)c3cc(N(c4ccccc4)c4ccccc4)ccc23)=C1. The van der Waals surface area contributed by atoms with Crippen LogP contribution in [0.2, 0.25) is 0 Å². The molecular weight excluding hydrogens is 629 g/mol. The summed E-state index contributed by atoms with van der Waals surface area (Å²) in [5.74, 6) is 0. The van der Waals surface area contributed by atoms with Crippen LogP contribution in [0.4, 0.5) is 28.4 Å². The van der Waals surface area contributed by atoms with Crippen molar-refractivity contribution in [1.82, 2.24) is 0 Å². The fourth-order valence-corrected chi connectivity index (χ4v) is 7.99. The maximum atomic E-state index is 2.45. The standard InChI is InChI=1S/C50H40N2/c1-7-19-37(20-8-1)49-45-33-31-44(52(41-27-15-5-16-28-41)42-29-17-6-18-30-42)36-48(45)50(38-21-9-2-10-22-38)46-34-32-43(35-47(46)49)51(39-23-11-3-12-24-39)40-25-13-4-14-26-40/h1-9,11-17,19-21,23-29,31-36H,10,18,22,30H2. The summed E-state index contributed by atoms with van der Waals surface area (Å²) in [5, 5.41) is 5.09. The van der Waals surface area contributed by atoms with E-state index in [1.165, 1.54) is 60.9 Å². The van der Waals surface area contributed by atoms with Gasteiger partial charge in [0.1, 0.15) is 0 Å². The molecule has 250 valence electrons. The molecule has 0 saturated carbocycles. The molecular formula is C50H40N2. The Labute approximate surface area is 306 Å². The predicted octanol–water partition coefficient (Wildman–Crippen LogP) is 14.2. The van der Waals surface area contributed by atoms with Gasteiger partial charge in [-0.1, -0.05) is 127 Å². The van der Waals surface area contributed by atoms with Crippen molar-refractivity contribution in [3.63, 3.8) is 0 Å². The maximum absolute atomic E-state index is 2.45. The van der Waals surface area contributed by atoms with Crippen molar-refractivity contribution >= 4 is 55.6 Å². The lowest BCUT2D eigenvalue weighted by Crippen LogP contribution is -2.17. The molecule has 0 aromatic heterocycles. The number of hydrogen-bond acceptors (Lipinski definition) is 2. The Balaban J connectivity index is 1.36. The Morgan fingerprint density at radius 1 is 0.365 bits per heavy atom. The highest BCUT2D eigenvalue weighted by Gasteiger charge is 2.23. The zero-order chi connectivity index (χ0) is 34.7. The van der Waals surface area contributed by atoms with Crippen LogP contribution >= 0.6 is 0 Å². The third kappa shape index (κ3) is 5.93. The van der Waals surface area contributed by atoms with Gasteiger partial charge in [-0.2, -0.15) is 0 Å². The fraction of sp³-hybridized carbons (Fsp3) is 0.0800. The molecule has 2 heteroatoms. The lowest BCUT2D eigenvalue weighted by Gasteiger charge is -2.30. The van der Waals surface area contributed by atoms with Crippen LogP contribution in [0, 0.1) is 0 Å². The maximum Gasteiger partial charge on any atom is 0.0468 e. The Morgan fingerprint density at radius 3 is 1.38 bits per heavy atom. The Morgan fingerprint density at radius 2 is 0.846 bits per heavy atom. The minimum absolute atomic E-state index is 1.00. The Hall–Kier alpha value is -6.38. The molecule has 0 spiro atoms. The third-order valence-corrected chi connectivity index (χ3v) is 10.3. The van der Waals surface area contributed by atoms with Crippen LogP contribution < -0.4 is 9.80 Å². The van der Waals surface area contributed by atoms with Crippen molar-refractivity contribution in [2.75, 3.05) is 9.80 Å². The van der Waals surface area contributed by atoms with Crippen molar-refractivity contribution in [1.29, 1.82) is 0 Å². The van der Waals surface area contributed by atoms with E-state index in [0.717, 1.165) is 42.7 Å². The molecule has 9 rings (SSSR count). The molecule has 0 saturated heterocycles. The Bertz CT molecular complexity index is 2450. The second-order valence-corrected chi connectivity index (χ2v) is 13.5. The van der Waals surface area contributed by atoms with Gasteiger partial charge < -0.3 is 9.80 Å². The number of benzene rings is 7. The van der Waals surface area contributed by atoms with Crippen molar-refractivity contribution < 1.29 is 0 Å². The zero-order valence-electron chi connectivity index (χ0n) is 29.2. The molecule has 0 N–H and O–H groups in total. The number of fused-ring (bicyclic) bond motifs is 2. The third-order valence-electron chi connectivity index (χ3n) is 10.3. The van der Waals surface area contributed by atoms with Crippen LogP contribution in [-0.2, 0) is 0 Å². The summed E-state index contributed by atoms with van der Waals surface area (Å²) in [4.78, 5) is 4.82. The van der Waals surface area contributed by atoms with Crippen LogP contribution in [0.15, 0.2) is 200 Å². The van der Waals surface area contributed by atoms with E-state index in [1.54, 1.807) is 0 Å². The topological polar surface area (TPSA) is 6.48 Å². The normalized spacial score (nSPS) is 13.9. The predicted molar refractivity (Wildman–Crippen MR) is 223 cm³/mol. The highest BCUT2D eigenvalue weighted by atomic mass is 15.2. The van der Waals surface area contributed by atoms with E-state index in [4.69, 9.17) is 0 Å². The lowest BCUT2D eigenvalue weighted by molar-refractivity contribution is 0.918. The van der Waals surface area contributed by atoms with Gasteiger partial charge in [0, 0.05) is 34.1 Å². The summed E-state index contributed by atoms with van der Waals surface area (Å²) in [7, 11) is 0. The summed E-state index contributed by atoms with van der Waals surface area (Å²) in [6.07, 6.45) is 17.7. The van der Waals surface area contributed by atoms with E-state index in [1.807, 2.05) is 0 Å². The fourth-order valence-electron chi connectivity index (χ4n) is 7.99. The van der Waals surface area contributed by atoms with E-state index in [9.17, 15) is 0 Å². The van der Waals surface area contributed by atoms with E-state index in [-0.39, 0.29) is 0 Å². The van der Waals surface area contributed by atoms with Crippen LogP contribution in [-0.4, -0.2) is 0 Å². The molecule has 0 radical (unpaired) electrons. The first kappa shape index (κ1) is 31.6. The van der Waals surface area contributed by atoms with Crippen molar-refractivity contribution in [3.8, 4) is 11.1 Å². The molecule has 7 aromatic rings. The molecule has 52 heavy (non-hydrogen) atoms. The molecule has 0 amide bonds. The smallest absolute Gasteiger partial charge is 0.0468 e. The van der Waals surface area contributed by atoms with Crippen LogP contribution in [0.1, 0.15) is 31.2 Å². The zero-order valence-corrected chi connectivity index (χ0v) is 29.2. The molecule has 0 heterocycles. The minimum Gasteiger partial charge on any atom is -0.314 e. The second-order valence-electron chi connectivity index (χ2n) is 13.5. The summed E-state index contributed by atoms with van der Waals surface area (Å²) in [6, 6.07) is 57.5. The number of hydrogen-bond donors (Lipinski definition) is 0. The van der Waals surface area contributed by atoms with E-state index in [0.29, 0.717) is 0 Å². The van der Waals surface area contributed by atoms with Gasteiger partial charge in [0.05, 0.1) is 0 Å². The summed E-state index contributed by atoms with van der Waals surface area (Å²) >= 11 is 0. The van der Waals surface area contributed by atoms with Crippen LogP contribution in [0.5, 0.6) is 0 Å². The molecule has 2 aliphatic rings. The molecule has 7 aromatic carbocycles. The van der Waals surface area contributed by atoms with Gasteiger partial charge in [0.15, 0.2) is 0 Å². The van der Waals surface area contributed by atoms with E-state index in [2.05, 4.69) is 204 Å². The molecule has 0 unspecified atom stereocenters. The first-order valence-electron chi connectivity index (χ1n) is 18.4. The largest absolute Gasteiger partial charge is 0.314 e. The molecule has 0 fully saturated rings. The molecule has 0 aliphatic heterocycles. The number of para-hydroxylation sites is 3. The quantitative estimate of drug-likeness (QED) is 0.149. The van der Waals surface area contributed by atoms with Gasteiger partial charge >= 0.3 is 0 Å². The molecule has 2 nitrogen and oxygen atoms in total. The summed E-state index contributed by atoms with van der Waals surface area (Å²) < 4.78 is 0.